The summed E-state index contributed by atoms with van der Waals surface area (Å²) in [6.07, 6.45) is 0. The molecule has 3 nitrogen and oxygen atoms in total. The number of aliphatic hydroxyl groups excluding tert-OH is 1. The van der Waals surface area contributed by atoms with Crippen molar-refractivity contribution >= 4 is 0 Å². The second-order valence-corrected chi connectivity index (χ2v) is 0. The average Bonchev–Trinajstić information content (AvgIpc) is 1.50. The van der Waals surface area contributed by atoms with Gasteiger partial charge >= 0.3 is 2.85 Å². The van der Waals surface area contributed by atoms with Crippen LogP contribution in [0.5, 0.6) is 0 Å². The van der Waals surface area contributed by atoms with E-state index < -0.39 is 0 Å². The monoisotopic (exact) mass is 164 g/mol. The first-order valence-corrected chi connectivity index (χ1v) is 0.647. The predicted molar refractivity (Wildman–Crippen MR) is 15.6 cm³/mol. The molecule has 6 heavy (non-hydrogen) atoms. The van der Waals surface area contributed by atoms with E-state index in [-0.39, 0.29) is 46.3 Å². The first-order chi connectivity index (χ1) is 2.00. The molecule has 0 saturated carbocycles. The molecule has 36 valence electrons. The van der Waals surface area contributed by atoms with Crippen LogP contribution in [0.3, 0.4) is 0 Å². The molecule has 0 aliphatic heterocycles. The molecule has 0 aromatic carbocycles. The van der Waals surface area contributed by atoms with Crippen molar-refractivity contribution in [1.29, 1.82) is 0 Å². The Hall–Kier alpha value is 1.31. The molecule has 0 spiro atoms. The van der Waals surface area contributed by atoms with Crippen molar-refractivity contribution in [2.75, 3.05) is 7.11 Å². The number of hydrogen-bond donors (Lipinski definition) is 3. The summed E-state index contributed by atoms with van der Waals surface area (Å²) in [5.41, 5.74) is 0. The maximum Gasteiger partial charge on any atom is 1.00 e. The van der Waals surface area contributed by atoms with Gasteiger partial charge in [0.05, 0.1) is 0 Å². The molecule has 0 aliphatic rings. The molecule has 3 N–H and O–H groups in total. The fraction of sp³-hybridized carbons (Fsp3) is 1.00. The summed E-state index contributed by atoms with van der Waals surface area (Å²) in [6.45, 7) is 0. The Morgan fingerprint density at radius 2 is 1.00 bits per heavy atom. The molecule has 0 rings (SSSR count). The van der Waals surface area contributed by atoms with Crippen LogP contribution in [0.25, 0.3) is 0 Å². The Bertz CT molecular complexity index is 15.2. The molecule has 0 aliphatic carbocycles. The summed E-state index contributed by atoms with van der Waals surface area (Å²) in [5.74, 6) is 0. The van der Waals surface area contributed by atoms with Crippen molar-refractivity contribution in [2.24, 2.45) is 0 Å². The SMILES string of the molecule is CO.OO.[H+].[H+].[Ti].[Ti]. The van der Waals surface area contributed by atoms with E-state index in [2.05, 4.69) is 0 Å². The first-order valence-electron chi connectivity index (χ1n) is 0.647. The summed E-state index contributed by atoms with van der Waals surface area (Å²) in [6, 6.07) is 0. The predicted octanol–water partition coefficient (Wildman–Crippen LogP) is -0.154. The number of rotatable bonds is 0. The molecule has 0 amide bonds. The smallest absolute Gasteiger partial charge is 0.400 e. The van der Waals surface area contributed by atoms with Crippen LogP contribution in [0.2, 0.25) is 0 Å². The van der Waals surface area contributed by atoms with Gasteiger partial charge in [-0.05, 0) is 0 Å². The van der Waals surface area contributed by atoms with Crippen molar-refractivity contribution in [2.45, 2.75) is 0 Å². The summed E-state index contributed by atoms with van der Waals surface area (Å²) in [7, 11) is 1.00. The topological polar surface area (TPSA) is 60.7 Å². The molecule has 0 radical (unpaired) electrons. The molecule has 0 aromatic heterocycles. The van der Waals surface area contributed by atoms with Gasteiger partial charge in [0, 0.05) is 50.5 Å². The van der Waals surface area contributed by atoms with Gasteiger partial charge in [0.1, 0.15) is 0 Å². The Labute approximate surface area is 69.0 Å². The minimum Gasteiger partial charge on any atom is -0.400 e. The van der Waals surface area contributed by atoms with Crippen LogP contribution in [0.15, 0.2) is 0 Å². The van der Waals surface area contributed by atoms with Gasteiger partial charge in [-0.3, -0.25) is 10.5 Å². The van der Waals surface area contributed by atoms with Crippen LogP contribution in [0.4, 0.5) is 0 Å². The molecule has 0 atom stereocenters. The van der Waals surface area contributed by atoms with E-state index in [9.17, 15) is 0 Å². The minimum absolute atomic E-state index is 0. The zero-order valence-corrected chi connectivity index (χ0v) is 6.46. The van der Waals surface area contributed by atoms with Gasteiger partial charge in [0.2, 0.25) is 0 Å². The van der Waals surface area contributed by atoms with E-state index >= 15 is 0 Å². The summed E-state index contributed by atoms with van der Waals surface area (Å²) >= 11 is 0. The fourth-order valence-electron chi connectivity index (χ4n) is 0. The summed E-state index contributed by atoms with van der Waals surface area (Å²) < 4.78 is 0. The molecule has 0 aromatic rings. The van der Waals surface area contributed by atoms with Crippen molar-refractivity contribution in [3.63, 3.8) is 0 Å². The van der Waals surface area contributed by atoms with E-state index in [1.54, 1.807) is 0 Å². The fourth-order valence-corrected chi connectivity index (χ4v) is 0. The Morgan fingerprint density at radius 1 is 1.00 bits per heavy atom. The largest absolute Gasteiger partial charge is 1.00 e. The van der Waals surface area contributed by atoms with Crippen LogP contribution < -0.4 is 0 Å². The van der Waals surface area contributed by atoms with E-state index in [1.165, 1.54) is 0 Å². The number of aliphatic hydroxyl groups is 1. The molecule has 0 heterocycles. The van der Waals surface area contributed by atoms with Crippen molar-refractivity contribution in [3.8, 4) is 0 Å². The van der Waals surface area contributed by atoms with Crippen LogP contribution in [0, 0.1) is 0 Å². The third-order valence-electron chi connectivity index (χ3n) is 0. The molecule has 5 heteroatoms. The van der Waals surface area contributed by atoms with Crippen LogP contribution >= 0.6 is 0 Å². The van der Waals surface area contributed by atoms with E-state index in [0.29, 0.717) is 0 Å². The van der Waals surface area contributed by atoms with E-state index in [1.807, 2.05) is 0 Å². The first kappa shape index (κ1) is 26.6. The summed E-state index contributed by atoms with van der Waals surface area (Å²) in [5, 5.41) is 19.0. The normalized spacial score (nSPS) is 2.00. The maximum atomic E-state index is 7.00. The van der Waals surface area contributed by atoms with Crippen molar-refractivity contribution in [1.82, 2.24) is 0 Å². The van der Waals surface area contributed by atoms with Gasteiger partial charge in [-0.25, -0.2) is 0 Å². The van der Waals surface area contributed by atoms with Crippen LogP contribution in [0.1, 0.15) is 2.85 Å². The van der Waals surface area contributed by atoms with Gasteiger partial charge < -0.3 is 5.11 Å². The maximum absolute atomic E-state index is 7.00. The second-order valence-electron chi connectivity index (χ2n) is 0. The molecular formula is CH8O3Ti2+2. The Morgan fingerprint density at radius 3 is 1.00 bits per heavy atom. The zero-order chi connectivity index (χ0) is 4.00. The molecule has 0 saturated heterocycles. The molecule has 0 unspecified atom stereocenters. The minimum atomic E-state index is 0. The van der Waals surface area contributed by atoms with Gasteiger partial charge in [-0.2, -0.15) is 0 Å². The molecule has 0 bridgehead atoms. The third-order valence-corrected chi connectivity index (χ3v) is 0. The van der Waals surface area contributed by atoms with Gasteiger partial charge in [-0.1, -0.05) is 0 Å². The standard InChI is InChI=1S/CH4O.H2O2.2Ti/c2*1-2;;/h2H,1H3;1-2H;;/p+2. The van der Waals surface area contributed by atoms with E-state index in [4.69, 9.17) is 15.6 Å². The van der Waals surface area contributed by atoms with Gasteiger partial charge in [0.15, 0.2) is 0 Å². The van der Waals surface area contributed by atoms with Crippen molar-refractivity contribution in [3.05, 3.63) is 0 Å². The Kier molecular flexibility index (Phi) is 460. The van der Waals surface area contributed by atoms with Crippen LogP contribution in [-0.2, 0) is 43.4 Å². The third kappa shape index (κ3) is 57.6. The molecular weight excluding hydrogens is 156 g/mol. The quantitative estimate of drug-likeness (QED) is 0.265. The molecule has 0 fully saturated rings. The number of hydrogen-bond acceptors (Lipinski definition) is 3. The zero-order valence-electron chi connectivity index (χ0n) is 5.34. The Balaban J connectivity index is -0.00000000167. The van der Waals surface area contributed by atoms with E-state index in [0.717, 1.165) is 7.11 Å². The van der Waals surface area contributed by atoms with Crippen molar-refractivity contribution < 1.29 is 61.9 Å². The van der Waals surface area contributed by atoms with Gasteiger partial charge in [0.25, 0.3) is 0 Å². The second kappa shape index (κ2) is 104. The summed E-state index contributed by atoms with van der Waals surface area (Å²) in [4.78, 5) is 0. The van der Waals surface area contributed by atoms with Gasteiger partial charge in [-0.15, -0.1) is 0 Å². The van der Waals surface area contributed by atoms with Crippen LogP contribution in [-0.4, -0.2) is 22.7 Å². The average molecular weight is 164 g/mol.